The Labute approximate surface area is 196 Å². The summed E-state index contributed by atoms with van der Waals surface area (Å²) in [5, 5.41) is 0. The van der Waals surface area contributed by atoms with Gasteiger partial charge in [0.1, 0.15) is 11.9 Å². The number of para-hydroxylation sites is 1. The number of ether oxygens (including phenoxy) is 3. The lowest BCUT2D eigenvalue weighted by molar-refractivity contribution is 0.159. The summed E-state index contributed by atoms with van der Waals surface area (Å²) >= 11 is 0. The van der Waals surface area contributed by atoms with Crippen molar-refractivity contribution in [1.82, 2.24) is 4.90 Å². The lowest BCUT2D eigenvalue weighted by atomic mass is 10.0. The molecule has 5 rings (SSSR count). The predicted octanol–water partition coefficient (Wildman–Crippen LogP) is 5.36. The van der Waals surface area contributed by atoms with Crippen molar-refractivity contribution in [3.05, 3.63) is 83.4 Å². The molecule has 0 bridgehead atoms. The lowest BCUT2D eigenvalue weighted by Crippen LogP contribution is -2.47. The van der Waals surface area contributed by atoms with E-state index < -0.39 is 0 Å². The molecule has 1 atom stereocenters. The molecule has 5 heteroatoms. The quantitative estimate of drug-likeness (QED) is 0.490. The zero-order chi connectivity index (χ0) is 22.6. The molecule has 0 N–H and O–H groups in total. The molecule has 3 aromatic rings. The van der Waals surface area contributed by atoms with Crippen LogP contribution in [0.4, 0.5) is 5.69 Å². The van der Waals surface area contributed by atoms with Crippen LogP contribution in [0.15, 0.2) is 66.7 Å². The van der Waals surface area contributed by atoms with E-state index in [-0.39, 0.29) is 12.9 Å². The topological polar surface area (TPSA) is 34.2 Å². The summed E-state index contributed by atoms with van der Waals surface area (Å²) < 4.78 is 17.6. The van der Waals surface area contributed by atoms with Gasteiger partial charge in [0, 0.05) is 44.8 Å². The lowest BCUT2D eigenvalue weighted by Gasteiger charge is -2.37. The molecule has 0 aliphatic carbocycles. The van der Waals surface area contributed by atoms with Crippen LogP contribution in [0.5, 0.6) is 17.2 Å². The van der Waals surface area contributed by atoms with Gasteiger partial charge in [-0.3, -0.25) is 4.90 Å². The number of rotatable bonds is 7. The Morgan fingerprint density at radius 2 is 1.61 bits per heavy atom. The molecule has 2 heterocycles. The highest BCUT2D eigenvalue weighted by Crippen LogP contribution is 2.36. The van der Waals surface area contributed by atoms with Crippen molar-refractivity contribution in [2.75, 3.05) is 44.4 Å². The van der Waals surface area contributed by atoms with Crippen molar-refractivity contribution in [1.29, 1.82) is 0 Å². The molecule has 5 nitrogen and oxygen atoms in total. The molecule has 33 heavy (non-hydrogen) atoms. The number of piperazine rings is 1. The Morgan fingerprint density at radius 3 is 2.39 bits per heavy atom. The van der Waals surface area contributed by atoms with Crippen LogP contribution in [0.3, 0.4) is 0 Å². The Bertz CT molecular complexity index is 1070. The molecule has 0 saturated carbocycles. The molecule has 0 spiro atoms. The summed E-state index contributed by atoms with van der Waals surface area (Å²) in [6.07, 6.45) is 0.870. The third kappa shape index (κ3) is 5.09. The maximum Gasteiger partial charge on any atom is 0.231 e. The summed E-state index contributed by atoms with van der Waals surface area (Å²) in [4.78, 5) is 5.05. The van der Waals surface area contributed by atoms with E-state index in [9.17, 15) is 0 Å². The summed E-state index contributed by atoms with van der Waals surface area (Å²) in [7, 11) is 0. The highest BCUT2D eigenvalue weighted by molar-refractivity contribution is 5.53. The fourth-order valence-corrected chi connectivity index (χ4v) is 4.62. The SMILES string of the molecule is Cc1ccc(OC(CCN2CCN(c3ccccc3C)CC2)c2ccc3c(c2)OCO3)cc1. The van der Waals surface area contributed by atoms with Gasteiger partial charge in [0.05, 0.1) is 0 Å². The van der Waals surface area contributed by atoms with E-state index in [2.05, 4.69) is 84.3 Å². The number of benzene rings is 3. The van der Waals surface area contributed by atoms with Crippen LogP contribution >= 0.6 is 0 Å². The van der Waals surface area contributed by atoms with Gasteiger partial charge in [-0.2, -0.15) is 0 Å². The largest absolute Gasteiger partial charge is 0.486 e. The Kier molecular flexibility index (Phi) is 6.40. The van der Waals surface area contributed by atoms with Crippen molar-refractivity contribution in [2.24, 2.45) is 0 Å². The molecule has 3 aromatic carbocycles. The summed E-state index contributed by atoms with van der Waals surface area (Å²) in [5.74, 6) is 2.50. The molecule has 172 valence electrons. The second kappa shape index (κ2) is 9.75. The molecule has 0 amide bonds. The number of nitrogens with zero attached hydrogens (tertiary/aromatic N) is 2. The average molecular weight is 445 g/mol. The van der Waals surface area contributed by atoms with E-state index in [1.165, 1.54) is 16.8 Å². The monoisotopic (exact) mass is 444 g/mol. The molecule has 2 aliphatic rings. The van der Waals surface area contributed by atoms with Crippen molar-refractivity contribution in [3.63, 3.8) is 0 Å². The maximum absolute atomic E-state index is 6.48. The molecule has 1 unspecified atom stereocenters. The standard InChI is InChI=1S/C28H32N2O3/c1-21-7-10-24(11-8-21)33-26(23-9-12-27-28(19-23)32-20-31-27)13-14-29-15-17-30(18-16-29)25-6-4-3-5-22(25)2/h3-12,19,26H,13-18,20H2,1-2H3. The normalized spacial score (nSPS) is 16.6. The van der Waals surface area contributed by atoms with Gasteiger partial charge >= 0.3 is 0 Å². The molecule has 2 aliphatic heterocycles. The number of fused-ring (bicyclic) bond motifs is 1. The zero-order valence-corrected chi connectivity index (χ0v) is 19.5. The van der Waals surface area contributed by atoms with Gasteiger partial charge < -0.3 is 19.1 Å². The van der Waals surface area contributed by atoms with Gasteiger partial charge in [0.2, 0.25) is 6.79 Å². The van der Waals surface area contributed by atoms with E-state index in [0.717, 1.165) is 62.0 Å². The number of aryl methyl sites for hydroxylation is 2. The molecular weight excluding hydrogens is 412 g/mol. The second-order valence-corrected chi connectivity index (χ2v) is 8.94. The first kappa shape index (κ1) is 21.7. The minimum atomic E-state index is -0.0448. The smallest absolute Gasteiger partial charge is 0.231 e. The minimum Gasteiger partial charge on any atom is -0.486 e. The highest BCUT2D eigenvalue weighted by atomic mass is 16.7. The van der Waals surface area contributed by atoms with Gasteiger partial charge in [0.15, 0.2) is 11.5 Å². The van der Waals surface area contributed by atoms with Gasteiger partial charge in [-0.25, -0.2) is 0 Å². The predicted molar refractivity (Wildman–Crippen MR) is 132 cm³/mol. The molecule has 1 saturated heterocycles. The van der Waals surface area contributed by atoms with Crippen molar-refractivity contribution in [3.8, 4) is 17.2 Å². The number of anilines is 1. The molecule has 1 fully saturated rings. The van der Waals surface area contributed by atoms with E-state index in [1.807, 2.05) is 6.07 Å². The zero-order valence-electron chi connectivity index (χ0n) is 19.5. The van der Waals surface area contributed by atoms with Crippen LogP contribution in [0.1, 0.15) is 29.2 Å². The fraction of sp³-hybridized carbons (Fsp3) is 0.357. The van der Waals surface area contributed by atoms with Gasteiger partial charge in [-0.15, -0.1) is 0 Å². The van der Waals surface area contributed by atoms with Gasteiger partial charge in [-0.1, -0.05) is 42.0 Å². The third-order valence-electron chi connectivity index (χ3n) is 6.60. The molecular formula is C28H32N2O3. The highest BCUT2D eigenvalue weighted by Gasteiger charge is 2.23. The maximum atomic E-state index is 6.48. The van der Waals surface area contributed by atoms with Gasteiger partial charge in [-0.05, 0) is 55.3 Å². The Balaban J connectivity index is 1.24. The third-order valence-corrected chi connectivity index (χ3v) is 6.60. The van der Waals surface area contributed by atoms with E-state index in [0.29, 0.717) is 0 Å². The van der Waals surface area contributed by atoms with Crippen molar-refractivity contribution < 1.29 is 14.2 Å². The minimum absolute atomic E-state index is 0.0448. The Hall–Kier alpha value is -3.18. The average Bonchev–Trinajstić information content (AvgIpc) is 3.32. The molecule has 0 radical (unpaired) electrons. The van der Waals surface area contributed by atoms with Crippen LogP contribution in [0, 0.1) is 13.8 Å². The van der Waals surface area contributed by atoms with Crippen molar-refractivity contribution >= 4 is 5.69 Å². The van der Waals surface area contributed by atoms with Crippen LogP contribution in [0.25, 0.3) is 0 Å². The van der Waals surface area contributed by atoms with Crippen LogP contribution < -0.4 is 19.1 Å². The van der Waals surface area contributed by atoms with E-state index >= 15 is 0 Å². The second-order valence-electron chi connectivity index (χ2n) is 8.94. The van der Waals surface area contributed by atoms with Crippen molar-refractivity contribution in [2.45, 2.75) is 26.4 Å². The summed E-state index contributed by atoms with van der Waals surface area (Å²) in [5.41, 5.74) is 5.06. The first-order valence-electron chi connectivity index (χ1n) is 11.8. The fourth-order valence-electron chi connectivity index (χ4n) is 4.62. The number of hydrogen-bond donors (Lipinski definition) is 0. The molecule has 0 aromatic heterocycles. The van der Waals surface area contributed by atoms with E-state index in [1.54, 1.807) is 0 Å². The van der Waals surface area contributed by atoms with Crippen LogP contribution in [-0.4, -0.2) is 44.4 Å². The van der Waals surface area contributed by atoms with Crippen LogP contribution in [0.2, 0.25) is 0 Å². The number of hydrogen-bond acceptors (Lipinski definition) is 5. The van der Waals surface area contributed by atoms with E-state index in [4.69, 9.17) is 14.2 Å². The summed E-state index contributed by atoms with van der Waals surface area (Å²) in [6, 6.07) is 23.1. The first-order valence-corrected chi connectivity index (χ1v) is 11.8. The van der Waals surface area contributed by atoms with Crippen LogP contribution in [-0.2, 0) is 0 Å². The first-order chi connectivity index (χ1) is 16.2. The van der Waals surface area contributed by atoms with Gasteiger partial charge in [0.25, 0.3) is 0 Å². The summed E-state index contributed by atoms with van der Waals surface area (Å²) in [6.45, 7) is 9.80. The Morgan fingerprint density at radius 1 is 0.848 bits per heavy atom.